The van der Waals surface area contributed by atoms with Crippen molar-refractivity contribution in [1.82, 2.24) is 0 Å². The Bertz CT molecular complexity index is 555. The molecular weight excluding hydrogens is 234 g/mol. The quantitative estimate of drug-likeness (QED) is 0.483. The molecule has 92 valence electrons. The van der Waals surface area contributed by atoms with E-state index in [1.165, 1.54) is 12.1 Å². The molecule has 0 heterocycles. The predicted molar refractivity (Wildman–Crippen MR) is 63.7 cm³/mol. The number of benzene rings is 1. The van der Waals surface area contributed by atoms with E-state index in [1.807, 2.05) is 6.07 Å². The Kier molecular flexibility index (Phi) is 4.55. The third kappa shape index (κ3) is 2.90. The fourth-order valence-electron chi connectivity index (χ4n) is 1.43. The Balaban J connectivity index is 3.36. The Morgan fingerprint density at radius 3 is 2.89 bits per heavy atom. The first-order chi connectivity index (χ1) is 8.63. The van der Waals surface area contributed by atoms with Crippen molar-refractivity contribution < 1.29 is 9.53 Å². The van der Waals surface area contributed by atoms with Crippen molar-refractivity contribution >= 4 is 5.91 Å². The second-order valence-corrected chi connectivity index (χ2v) is 3.30. The molecule has 1 rings (SSSR count). The van der Waals surface area contributed by atoms with E-state index in [0.29, 0.717) is 12.2 Å². The van der Waals surface area contributed by atoms with Crippen molar-refractivity contribution in [1.29, 1.82) is 5.26 Å². The molecule has 0 spiro atoms. The van der Waals surface area contributed by atoms with Crippen LogP contribution in [0, 0.1) is 11.3 Å². The molecule has 7 nitrogen and oxygen atoms in total. The third-order valence-corrected chi connectivity index (χ3v) is 2.20. The number of hydrogen-bond acceptors (Lipinski definition) is 4. The van der Waals surface area contributed by atoms with Crippen molar-refractivity contribution in [3.05, 3.63) is 39.3 Å². The van der Waals surface area contributed by atoms with Crippen LogP contribution < -0.4 is 10.5 Å². The highest BCUT2D eigenvalue weighted by atomic mass is 16.5. The van der Waals surface area contributed by atoms with E-state index in [1.54, 1.807) is 6.92 Å². The third-order valence-electron chi connectivity index (χ3n) is 2.20. The number of azide groups is 1. The molecule has 1 amide bonds. The zero-order valence-electron chi connectivity index (χ0n) is 9.75. The molecule has 0 radical (unpaired) electrons. The van der Waals surface area contributed by atoms with Crippen LogP contribution in [0.15, 0.2) is 17.2 Å². The molecule has 0 saturated carbocycles. The molecular formula is C11H11N5O2. The Hall–Kier alpha value is -2.71. The van der Waals surface area contributed by atoms with Crippen LogP contribution >= 0.6 is 0 Å². The van der Waals surface area contributed by atoms with Gasteiger partial charge in [0, 0.05) is 4.91 Å². The van der Waals surface area contributed by atoms with Crippen LogP contribution in [0.25, 0.3) is 10.4 Å². The number of hydrogen-bond donors (Lipinski definition) is 1. The standard InChI is InChI=1S/C11H11N5O2/c1-2-18-10-4-8(6-15-16-14)7(5-12)3-9(10)11(13)17/h3-4H,2,6H2,1H3,(H2,13,17). The normalized spacial score (nSPS) is 9.11. The summed E-state index contributed by atoms with van der Waals surface area (Å²) < 4.78 is 5.27. The lowest BCUT2D eigenvalue weighted by Crippen LogP contribution is -2.14. The maximum Gasteiger partial charge on any atom is 0.252 e. The molecule has 0 saturated heterocycles. The molecule has 0 aliphatic heterocycles. The van der Waals surface area contributed by atoms with Gasteiger partial charge in [-0.2, -0.15) is 5.26 Å². The van der Waals surface area contributed by atoms with Crippen LogP contribution in [0.2, 0.25) is 0 Å². The topological polar surface area (TPSA) is 125 Å². The van der Waals surface area contributed by atoms with Crippen molar-refractivity contribution in [2.24, 2.45) is 10.8 Å². The molecule has 0 bridgehead atoms. The fraction of sp³-hybridized carbons (Fsp3) is 0.273. The van der Waals surface area contributed by atoms with Gasteiger partial charge in [-0.3, -0.25) is 4.79 Å². The predicted octanol–water partition coefficient (Wildman–Crippen LogP) is 1.87. The van der Waals surface area contributed by atoms with E-state index in [0.717, 1.165) is 0 Å². The zero-order valence-corrected chi connectivity index (χ0v) is 9.75. The van der Waals surface area contributed by atoms with E-state index < -0.39 is 5.91 Å². The van der Waals surface area contributed by atoms with Crippen molar-refractivity contribution in [3.63, 3.8) is 0 Å². The number of nitrogens with zero attached hydrogens (tertiary/aromatic N) is 4. The minimum atomic E-state index is -0.676. The lowest BCUT2D eigenvalue weighted by molar-refractivity contribution is 0.0996. The molecule has 18 heavy (non-hydrogen) atoms. The van der Waals surface area contributed by atoms with Crippen molar-refractivity contribution in [2.75, 3.05) is 6.61 Å². The fourth-order valence-corrected chi connectivity index (χ4v) is 1.43. The second kappa shape index (κ2) is 6.13. The summed E-state index contributed by atoms with van der Waals surface area (Å²) in [6, 6.07) is 4.76. The van der Waals surface area contributed by atoms with E-state index in [2.05, 4.69) is 10.0 Å². The smallest absolute Gasteiger partial charge is 0.252 e. The highest BCUT2D eigenvalue weighted by Crippen LogP contribution is 2.24. The highest BCUT2D eigenvalue weighted by Gasteiger charge is 2.14. The first-order valence-corrected chi connectivity index (χ1v) is 5.14. The molecule has 0 aliphatic rings. The number of ether oxygens (including phenoxy) is 1. The molecule has 0 atom stereocenters. The lowest BCUT2D eigenvalue weighted by atomic mass is 10.0. The summed E-state index contributed by atoms with van der Waals surface area (Å²) >= 11 is 0. The van der Waals surface area contributed by atoms with Crippen LogP contribution in [-0.4, -0.2) is 12.5 Å². The number of amides is 1. The minimum Gasteiger partial charge on any atom is -0.493 e. The number of rotatable bonds is 5. The lowest BCUT2D eigenvalue weighted by Gasteiger charge is -2.10. The van der Waals surface area contributed by atoms with E-state index in [4.69, 9.17) is 21.3 Å². The maximum absolute atomic E-state index is 11.2. The molecule has 0 aromatic heterocycles. The van der Waals surface area contributed by atoms with Gasteiger partial charge in [-0.1, -0.05) is 5.11 Å². The van der Waals surface area contributed by atoms with Gasteiger partial charge in [-0.15, -0.1) is 0 Å². The molecule has 7 heteroatoms. The summed E-state index contributed by atoms with van der Waals surface area (Å²) in [5, 5.41) is 12.4. The molecule has 2 N–H and O–H groups in total. The van der Waals surface area contributed by atoms with Gasteiger partial charge < -0.3 is 10.5 Å². The number of nitriles is 1. The van der Waals surface area contributed by atoms with Crippen LogP contribution in [0.3, 0.4) is 0 Å². The second-order valence-electron chi connectivity index (χ2n) is 3.30. The minimum absolute atomic E-state index is 0.0124. The average molecular weight is 245 g/mol. The first kappa shape index (κ1) is 13.4. The van der Waals surface area contributed by atoms with Gasteiger partial charge in [0.2, 0.25) is 0 Å². The maximum atomic E-state index is 11.2. The zero-order chi connectivity index (χ0) is 13.5. The molecule has 0 fully saturated rings. The number of nitrogens with two attached hydrogens (primary N) is 1. The van der Waals surface area contributed by atoms with Crippen molar-refractivity contribution in [3.8, 4) is 11.8 Å². The van der Waals surface area contributed by atoms with Gasteiger partial charge in [0.05, 0.1) is 30.3 Å². The summed E-state index contributed by atoms with van der Waals surface area (Å²) in [5.74, 6) is -0.391. The van der Waals surface area contributed by atoms with E-state index >= 15 is 0 Å². The van der Waals surface area contributed by atoms with Gasteiger partial charge in [0.15, 0.2) is 0 Å². The summed E-state index contributed by atoms with van der Waals surface area (Å²) in [4.78, 5) is 13.9. The number of carbonyl (C=O) groups is 1. The average Bonchev–Trinajstić information content (AvgIpc) is 2.36. The van der Waals surface area contributed by atoms with Gasteiger partial charge in [0.25, 0.3) is 5.91 Å². The first-order valence-electron chi connectivity index (χ1n) is 5.14. The van der Waals surface area contributed by atoms with Gasteiger partial charge in [0.1, 0.15) is 5.75 Å². The van der Waals surface area contributed by atoms with Crippen molar-refractivity contribution in [2.45, 2.75) is 13.5 Å². The van der Waals surface area contributed by atoms with Gasteiger partial charge >= 0.3 is 0 Å². The summed E-state index contributed by atoms with van der Waals surface area (Å²) in [7, 11) is 0. The van der Waals surface area contributed by atoms with Crippen LogP contribution in [0.4, 0.5) is 0 Å². The Labute approximate surface area is 103 Å². The Morgan fingerprint density at radius 2 is 2.39 bits per heavy atom. The van der Waals surface area contributed by atoms with Crippen LogP contribution in [0.5, 0.6) is 5.75 Å². The monoisotopic (exact) mass is 245 g/mol. The van der Waals surface area contributed by atoms with E-state index in [-0.39, 0.29) is 23.4 Å². The molecule has 0 unspecified atom stereocenters. The Morgan fingerprint density at radius 1 is 1.67 bits per heavy atom. The van der Waals surface area contributed by atoms with Crippen LogP contribution in [-0.2, 0) is 6.54 Å². The molecule has 1 aromatic rings. The van der Waals surface area contributed by atoms with Crippen LogP contribution in [0.1, 0.15) is 28.4 Å². The van der Waals surface area contributed by atoms with Gasteiger partial charge in [-0.05, 0) is 30.2 Å². The molecule has 0 aliphatic carbocycles. The molecule has 1 aromatic carbocycles. The summed E-state index contributed by atoms with van der Waals surface area (Å²) in [6.45, 7) is 2.13. The summed E-state index contributed by atoms with van der Waals surface area (Å²) in [5.41, 5.74) is 14.3. The highest BCUT2D eigenvalue weighted by molar-refractivity contribution is 5.96. The SMILES string of the molecule is CCOc1cc(CN=[N+]=[N-])c(C#N)cc1C(N)=O. The van der Waals surface area contributed by atoms with Gasteiger partial charge in [-0.25, -0.2) is 0 Å². The largest absolute Gasteiger partial charge is 0.493 e. The summed E-state index contributed by atoms with van der Waals surface area (Å²) in [6.07, 6.45) is 0. The number of carbonyl (C=O) groups excluding carboxylic acids is 1. The number of primary amides is 1. The van der Waals surface area contributed by atoms with E-state index in [9.17, 15) is 4.79 Å².